The van der Waals surface area contributed by atoms with Crippen molar-refractivity contribution >= 4 is 22.7 Å². The third-order valence-corrected chi connectivity index (χ3v) is 13.5. The molecule has 2 aromatic heterocycles. The number of aromatic nitrogens is 1. The van der Waals surface area contributed by atoms with Crippen molar-refractivity contribution < 1.29 is 0 Å². The van der Waals surface area contributed by atoms with E-state index in [1.54, 1.807) is 42.4 Å². The zero-order chi connectivity index (χ0) is 34.2. The smallest absolute Gasteiger partial charge is 0.0956 e. The lowest BCUT2D eigenvalue weighted by Crippen LogP contribution is -2.08. The summed E-state index contributed by atoms with van der Waals surface area (Å²) >= 11 is 3.98. The third kappa shape index (κ3) is 9.94. The molecular weight excluding hydrogens is 619 g/mol. The van der Waals surface area contributed by atoms with Crippen LogP contribution in [0.15, 0.2) is 42.5 Å². The quantitative estimate of drug-likeness (QED) is 0.209. The molecule has 0 unspecified atom stereocenters. The Bertz CT molecular complexity index is 1490. The molecule has 0 N–H and O–H groups in total. The number of nitrogens with zero attached hydrogens (tertiary/aromatic N) is 1. The van der Waals surface area contributed by atoms with Crippen molar-refractivity contribution in [2.45, 2.75) is 169 Å². The molecule has 0 aliphatic heterocycles. The van der Waals surface area contributed by atoms with Crippen LogP contribution in [0.3, 0.4) is 0 Å². The van der Waals surface area contributed by atoms with Crippen molar-refractivity contribution in [3.05, 3.63) is 107 Å². The Morgan fingerprint density at radius 1 is 0.438 bits per heavy atom. The molecule has 0 atom stereocenters. The van der Waals surface area contributed by atoms with Gasteiger partial charge in [0.25, 0.3) is 0 Å². The Hall–Kier alpha value is -2.23. The van der Waals surface area contributed by atoms with Gasteiger partial charge in [0.2, 0.25) is 0 Å². The molecule has 8 rings (SSSR count). The largest absolute Gasteiger partial charge is 0.246 e. The maximum atomic E-state index is 4.67. The molecule has 2 aromatic carbocycles. The van der Waals surface area contributed by atoms with Crippen molar-refractivity contribution in [3.63, 3.8) is 0 Å². The molecule has 3 heteroatoms. The fourth-order valence-electron chi connectivity index (χ4n) is 7.10. The van der Waals surface area contributed by atoms with E-state index in [1.807, 2.05) is 22.7 Å². The van der Waals surface area contributed by atoms with Crippen molar-refractivity contribution in [2.75, 3.05) is 0 Å². The first-order chi connectivity index (χ1) is 23.1. The van der Waals surface area contributed by atoms with Crippen LogP contribution >= 0.6 is 22.7 Å². The number of fused-ring (bicyclic) bond motifs is 4. The van der Waals surface area contributed by atoms with Gasteiger partial charge in [-0.2, -0.15) is 0 Å². The Labute approximate surface area is 302 Å². The van der Waals surface area contributed by atoms with Gasteiger partial charge in [-0.15, -0.1) is 22.7 Å². The van der Waals surface area contributed by atoms with Gasteiger partial charge < -0.3 is 0 Å². The molecule has 0 fully saturated rings. The van der Waals surface area contributed by atoms with Crippen molar-refractivity contribution in [2.24, 2.45) is 0 Å². The van der Waals surface area contributed by atoms with Crippen LogP contribution in [-0.2, 0) is 51.4 Å². The molecule has 48 heavy (non-hydrogen) atoms. The average Bonchev–Trinajstić information content (AvgIpc) is 3.71. The first-order valence-electron chi connectivity index (χ1n) is 19.4. The van der Waals surface area contributed by atoms with Crippen molar-refractivity contribution in [1.82, 2.24) is 4.98 Å². The average molecular weight is 682 g/mol. The minimum absolute atomic E-state index is 0.612. The summed E-state index contributed by atoms with van der Waals surface area (Å²) in [4.78, 5) is 9.49. The minimum atomic E-state index is 0.612. The third-order valence-electron chi connectivity index (χ3n) is 10.5. The molecule has 2 heterocycles. The number of thiophene rings is 1. The van der Waals surface area contributed by atoms with Gasteiger partial charge >= 0.3 is 0 Å². The number of thiazole rings is 1. The number of hydrogen-bond acceptors (Lipinski definition) is 3. The lowest BCUT2D eigenvalue weighted by Gasteiger charge is -2.20. The van der Waals surface area contributed by atoms with Crippen LogP contribution in [0, 0.1) is 0 Å². The van der Waals surface area contributed by atoms with Gasteiger partial charge in [-0.25, -0.2) is 4.98 Å². The lowest BCUT2D eigenvalue weighted by atomic mass is 9.85. The normalized spacial score (nSPS) is 15.9. The van der Waals surface area contributed by atoms with Gasteiger partial charge in [-0.3, -0.25) is 0 Å². The summed E-state index contributed by atoms with van der Waals surface area (Å²) in [5.41, 5.74) is 12.4. The first kappa shape index (κ1) is 37.0. The summed E-state index contributed by atoms with van der Waals surface area (Å²) in [6.07, 6.45) is 18.7. The molecule has 0 saturated carbocycles. The predicted octanol–water partition coefficient (Wildman–Crippen LogP) is 13.5. The summed E-state index contributed by atoms with van der Waals surface area (Å²) in [6.45, 7) is 18.1. The lowest BCUT2D eigenvalue weighted by molar-refractivity contribution is 0.678. The zero-order valence-electron chi connectivity index (χ0n) is 31.5. The van der Waals surface area contributed by atoms with E-state index < -0.39 is 0 Å². The van der Waals surface area contributed by atoms with Crippen LogP contribution < -0.4 is 0 Å². The maximum Gasteiger partial charge on any atom is 0.0956 e. The highest BCUT2D eigenvalue weighted by Crippen LogP contribution is 2.33. The maximum absolute atomic E-state index is 4.67. The minimum Gasteiger partial charge on any atom is -0.246 e. The molecule has 260 valence electrons. The highest BCUT2D eigenvalue weighted by molar-refractivity contribution is 7.12. The van der Waals surface area contributed by atoms with Gasteiger partial charge in [0.05, 0.1) is 10.7 Å². The van der Waals surface area contributed by atoms with E-state index in [1.165, 1.54) is 112 Å². The molecule has 0 radical (unpaired) electrons. The van der Waals surface area contributed by atoms with Crippen LogP contribution in [0.1, 0.15) is 182 Å². The number of hydrogen-bond donors (Lipinski definition) is 0. The summed E-state index contributed by atoms with van der Waals surface area (Å²) in [5.74, 6) is 2.69. The summed E-state index contributed by atoms with van der Waals surface area (Å²) in [5, 5.41) is 1.34. The topological polar surface area (TPSA) is 12.9 Å². The standard InChI is InChI=1S/C13H18.C11H16S.C11H14.C10H15NS/c1-10(2)12-8-7-11-5-3-4-6-13(11)9-12;1-8(2)11-7-9-5-3-4-6-10(9)12-11;1-8(2)10-5-3-9-4-6-11(9)7-10;1-7(2)10-11-8-5-3-4-6-9(8)12-10/h7-10H,3-6H2,1-2H3;7-8H,3-6H2,1-2H3;3,5,7-8H,4,6H2,1-2H3;7H,3-6H2,1-2H3. The SMILES string of the molecule is CC(C)c1cc2c(s1)CCCC2.CC(C)c1ccc2c(c1)CC2.CC(C)c1ccc2c(c1)CCCC2.CC(C)c1nc2c(s1)CCCC2. The van der Waals surface area contributed by atoms with E-state index in [0.29, 0.717) is 17.8 Å². The Balaban J connectivity index is 0.000000125. The van der Waals surface area contributed by atoms with Crippen molar-refractivity contribution in [3.8, 4) is 0 Å². The van der Waals surface area contributed by atoms with Gasteiger partial charge in [0.1, 0.15) is 0 Å². The summed E-state index contributed by atoms with van der Waals surface area (Å²) in [7, 11) is 0. The van der Waals surface area contributed by atoms with Crippen LogP contribution in [0.5, 0.6) is 0 Å². The molecule has 0 spiro atoms. The molecule has 1 nitrogen and oxygen atoms in total. The number of rotatable bonds is 4. The van der Waals surface area contributed by atoms with E-state index in [0.717, 1.165) is 5.92 Å². The molecule has 0 saturated heterocycles. The zero-order valence-corrected chi connectivity index (χ0v) is 33.1. The van der Waals surface area contributed by atoms with Crippen molar-refractivity contribution in [1.29, 1.82) is 0 Å². The monoisotopic (exact) mass is 681 g/mol. The Morgan fingerprint density at radius 3 is 1.44 bits per heavy atom. The Morgan fingerprint density at radius 2 is 0.938 bits per heavy atom. The van der Waals surface area contributed by atoms with Crippen LogP contribution in [0.4, 0.5) is 0 Å². The van der Waals surface area contributed by atoms with E-state index in [4.69, 9.17) is 0 Å². The number of benzene rings is 2. The van der Waals surface area contributed by atoms with Crippen LogP contribution in [0.2, 0.25) is 0 Å². The second kappa shape index (κ2) is 17.6. The summed E-state index contributed by atoms with van der Waals surface area (Å²) in [6, 6.07) is 16.4. The highest BCUT2D eigenvalue weighted by atomic mass is 32.1. The van der Waals surface area contributed by atoms with Gasteiger partial charge in [-0.1, -0.05) is 91.8 Å². The molecule has 4 aromatic rings. The van der Waals surface area contributed by atoms with Crippen LogP contribution in [-0.4, -0.2) is 4.98 Å². The van der Waals surface area contributed by atoms with E-state index >= 15 is 0 Å². The van der Waals surface area contributed by atoms with Gasteiger partial charge in [0, 0.05) is 20.5 Å². The second-order valence-corrected chi connectivity index (χ2v) is 18.1. The van der Waals surface area contributed by atoms with E-state index in [-0.39, 0.29) is 0 Å². The fraction of sp³-hybridized carbons (Fsp3) is 0.578. The molecule has 0 amide bonds. The van der Waals surface area contributed by atoms with Crippen LogP contribution in [0.25, 0.3) is 0 Å². The molecular formula is C45H63NS2. The van der Waals surface area contributed by atoms with Gasteiger partial charge in [0.15, 0.2) is 0 Å². The predicted molar refractivity (Wildman–Crippen MR) is 213 cm³/mol. The number of aryl methyl sites for hydroxylation is 8. The second-order valence-electron chi connectivity index (χ2n) is 15.8. The van der Waals surface area contributed by atoms with E-state index in [2.05, 4.69) is 103 Å². The fourth-order valence-corrected chi connectivity index (χ4v) is 9.52. The molecule has 0 bridgehead atoms. The highest BCUT2D eigenvalue weighted by Gasteiger charge is 2.17. The van der Waals surface area contributed by atoms with E-state index in [9.17, 15) is 0 Å². The Kier molecular flexibility index (Phi) is 13.6. The van der Waals surface area contributed by atoms with Gasteiger partial charge in [-0.05, 0) is 153 Å². The summed E-state index contributed by atoms with van der Waals surface area (Å²) < 4.78 is 0. The molecule has 4 aliphatic carbocycles. The first-order valence-corrected chi connectivity index (χ1v) is 21.1. The molecule has 4 aliphatic rings.